The van der Waals surface area contributed by atoms with E-state index in [0.29, 0.717) is 6.42 Å². The van der Waals surface area contributed by atoms with Crippen LogP contribution in [-0.2, 0) is 18.2 Å². The molecule has 128 valence electrons. The zero-order valence-electron chi connectivity index (χ0n) is 13.9. The third-order valence-corrected chi connectivity index (χ3v) is 5.02. The molecule has 1 saturated carbocycles. The van der Waals surface area contributed by atoms with Crippen LogP contribution in [0.4, 0.5) is 4.79 Å². The molecule has 0 spiro atoms. The average Bonchev–Trinajstić information content (AvgIpc) is 3.17. The summed E-state index contributed by atoms with van der Waals surface area (Å²) in [6.45, 7) is 0. The number of pyridine rings is 1. The molecule has 0 bridgehead atoms. The van der Waals surface area contributed by atoms with Gasteiger partial charge in [0.25, 0.3) is 0 Å². The lowest BCUT2D eigenvalue weighted by molar-refractivity contribution is 0.0163. The molecule has 1 aliphatic carbocycles. The van der Waals surface area contributed by atoms with E-state index in [9.17, 15) is 4.79 Å². The summed E-state index contributed by atoms with van der Waals surface area (Å²) in [6.07, 6.45) is 7.71. The van der Waals surface area contributed by atoms with Crippen molar-refractivity contribution in [2.24, 2.45) is 7.05 Å². The zero-order valence-corrected chi connectivity index (χ0v) is 15.5. The predicted molar refractivity (Wildman–Crippen MR) is 94.6 cm³/mol. The molecule has 0 aliphatic heterocycles. The van der Waals surface area contributed by atoms with Crippen LogP contribution in [0.1, 0.15) is 31.4 Å². The van der Waals surface area contributed by atoms with Crippen LogP contribution in [0.25, 0.3) is 11.4 Å². The number of aromatic nitrogens is 3. The second-order valence-corrected chi connectivity index (χ2v) is 7.13. The van der Waals surface area contributed by atoms with Gasteiger partial charge in [0.1, 0.15) is 11.3 Å². The molecular formula is C17H21BrN4O2. The Morgan fingerprint density at radius 1 is 1.38 bits per heavy atom. The monoisotopic (exact) mass is 392 g/mol. The minimum Gasteiger partial charge on any atom is -0.443 e. The van der Waals surface area contributed by atoms with Crippen molar-refractivity contribution >= 4 is 22.0 Å². The largest absolute Gasteiger partial charge is 0.443 e. The Hall–Kier alpha value is -1.89. The highest BCUT2D eigenvalue weighted by molar-refractivity contribution is 9.10. The molecule has 7 heteroatoms. The van der Waals surface area contributed by atoms with E-state index in [4.69, 9.17) is 4.74 Å². The Labute approximate surface area is 149 Å². The van der Waals surface area contributed by atoms with Crippen LogP contribution in [0.2, 0.25) is 0 Å². The number of imidazole rings is 1. The maximum Gasteiger partial charge on any atom is 0.407 e. The van der Waals surface area contributed by atoms with Gasteiger partial charge in [-0.1, -0.05) is 0 Å². The Morgan fingerprint density at radius 2 is 2.12 bits per heavy atom. The molecule has 0 saturated heterocycles. The molecular weight excluding hydrogens is 372 g/mol. The van der Waals surface area contributed by atoms with Crippen LogP contribution in [0.15, 0.2) is 29.1 Å². The normalized spacial score (nSPS) is 16.1. The Bertz CT molecular complexity index is 721. The van der Waals surface area contributed by atoms with Crippen LogP contribution >= 0.6 is 15.9 Å². The summed E-state index contributed by atoms with van der Waals surface area (Å²) < 4.78 is 8.69. The van der Waals surface area contributed by atoms with Crippen molar-refractivity contribution < 1.29 is 9.53 Å². The maximum absolute atomic E-state index is 11.8. The molecule has 2 aromatic heterocycles. The van der Waals surface area contributed by atoms with E-state index in [-0.39, 0.29) is 6.09 Å². The standard InChI is InChI=1S/C17H21BrN4O2/c1-19-16(23)24-17(7-3-4-8-17)9-14-15(21-11-22(14)2)13-6-5-12(18)10-20-13/h5-6,10-11H,3-4,7-9H2,1-2H3,(H,19,23). The lowest BCUT2D eigenvalue weighted by Crippen LogP contribution is -2.38. The Kier molecular flexibility index (Phi) is 4.89. The van der Waals surface area contributed by atoms with E-state index in [1.165, 1.54) is 0 Å². The molecule has 1 fully saturated rings. The van der Waals surface area contributed by atoms with Crippen molar-refractivity contribution in [3.63, 3.8) is 0 Å². The van der Waals surface area contributed by atoms with E-state index in [0.717, 1.165) is 47.2 Å². The third-order valence-electron chi connectivity index (χ3n) is 4.55. The Morgan fingerprint density at radius 3 is 2.75 bits per heavy atom. The smallest absolute Gasteiger partial charge is 0.407 e. The number of amides is 1. The lowest BCUT2D eigenvalue weighted by Gasteiger charge is -2.29. The van der Waals surface area contributed by atoms with E-state index in [2.05, 4.69) is 31.2 Å². The van der Waals surface area contributed by atoms with Gasteiger partial charge >= 0.3 is 6.09 Å². The molecule has 0 unspecified atom stereocenters. The van der Waals surface area contributed by atoms with Crippen molar-refractivity contribution in [1.82, 2.24) is 19.9 Å². The number of alkyl carbamates (subject to hydrolysis) is 1. The summed E-state index contributed by atoms with van der Waals surface area (Å²) in [6, 6.07) is 3.89. The molecule has 24 heavy (non-hydrogen) atoms. The fourth-order valence-corrected chi connectivity index (χ4v) is 3.52. The number of ether oxygens (including phenoxy) is 1. The minimum absolute atomic E-state index is 0.373. The van der Waals surface area contributed by atoms with Crippen LogP contribution in [0.5, 0.6) is 0 Å². The van der Waals surface area contributed by atoms with Gasteiger partial charge in [0.05, 0.1) is 17.7 Å². The van der Waals surface area contributed by atoms with Crippen molar-refractivity contribution in [2.75, 3.05) is 7.05 Å². The van der Waals surface area contributed by atoms with Gasteiger partial charge in [-0.05, 0) is 53.7 Å². The van der Waals surface area contributed by atoms with Gasteiger partial charge in [-0.15, -0.1) is 0 Å². The predicted octanol–water partition coefficient (Wildman–Crippen LogP) is 3.46. The first-order valence-corrected chi connectivity index (χ1v) is 8.85. The molecule has 0 atom stereocenters. The molecule has 6 nitrogen and oxygen atoms in total. The zero-order chi connectivity index (χ0) is 17.2. The van der Waals surface area contributed by atoms with Crippen molar-refractivity contribution in [3.05, 3.63) is 34.8 Å². The summed E-state index contributed by atoms with van der Waals surface area (Å²) in [5, 5.41) is 2.56. The number of carbonyl (C=O) groups excluding carboxylic acids is 1. The van der Waals surface area contributed by atoms with Crippen LogP contribution in [0, 0.1) is 0 Å². The SMILES string of the molecule is CNC(=O)OC1(Cc2c(-c3ccc(Br)cn3)ncn2C)CCCC1. The number of carbonyl (C=O) groups is 1. The van der Waals surface area contributed by atoms with E-state index >= 15 is 0 Å². The second-order valence-electron chi connectivity index (χ2n) is 6.22. The molecule has 0 radical (unpaired) electrons. The molecule has 2 heterocycles. The van der Waals surface area contributed by atoms with Gasteiger partial charge in [0, 0.05) is 31.2 Å². The molecule has 3 rings (SSSR count). The number of nitrogens with zero attached hydrogens (tertiary/aromatic N) is 3. The van der Waals surface area contributed by atoms with Crippen LogP contribution in [-0.4, -0.2) is 33.3 Å². The van der Waals surface area contributed by atoms with E-state index < -0.39 is 5.60 Å². The molecule has 1 aliphatic rings. The number of aryl methyl sites for hydroxylation is 1. The van der Waals surface area contributed by atoms with Gasteiger partial charge in [-0.2, -0.15) is 0 Å². The highest BCUT2D eigenvalue weighted by atomic mass is 79.9. The highest BCUT2D eigenvalue weighted by Crippen LogP contribution is 2.38. The first kappa shape index (κ1) is 17.0. The van der Waals surface area contributed by atoms with Gasteiger partial charge in [-0.3, -0.25) is 4.98 Å². The van der Waals surface area contributed by atoms with Crippen molar-refractivity contribution in [1.29, 1.82) is 0 Å². The summed E-state index contributed by atoms with van der Waals surface area (Å²) in [5.74, 6) is 0. The minimum atomic E-state index is -0.460. The fraction of sp³-hybridized carbons (Fsp3) is 0.471. The van der Waals surface area contributed by atoms with E-state index in [1.54, 1.807) is 19.6 Å². The summed E-state index contributed by atoms with van der Waals surface area (Å²) >= 11 is 3.40. The van der Waals surface area contributed by atoms with Gasteiger partial charge in [0.15, 0.2) is 0 Å². The maximum atomic E-state index is 11.8. The van der Waals surface area contributed by atoms with Crippen molar-refractivity contribution in [2.45, 2.75) is 37.7 Å². The fourth-order valence-electron chi connectivity index (χ4n) is 3.28. The summed E-state index contributed by atoms with van der Waals surface area (Å²) in [7, 11) is 3.56. The summed E-state index contributed by atoms with van der Waals surface area (Å²) in [5.41, 5.74) is 2.24. The highest BCUT2D eigenvalue weighted by Gasteiger charge is 2.39. The van der Waals surface area contributed by atoms with E-state index in [1.807, 2.05) is 23.7 Å². The second kappa shape index (κ2) is 6.93. The van der Waals surface area contributed by atoms with Crippen molar-refractivity contribution in [3.8, 4) is 11.4 Å². The lowest BCUT2D eigenvalue weighted by atomic mass is 9.94. The quantitative estimate of drug-likeness (QED) is 0.864. The Balaban J connectivity index is 1.92. The van der Waals surface area contributed by atoms with Gasteiger partial charge < -0.3 is 14.6 Å². The van der Waals surface area contributed by atoms with Gasteiger partial charge in [-0.25, -0.2) is 9.78 Å². The average molecular weight is 393 g/mol. The number of rotatable bonds is 4. The molecule has 1 N–H and O–H groups in total. The summed E-state index contributed by atoms with van der Waals surface area (Å²) in [4.78, 5) is 20.8. The first-order chi connectivity index (χ1) is 11.5. The first-order valence-electron chi connectivity index (χ1n) is 8.06. The molecule has 1 amide bonds. The molecule has 0 aromatic carbocycles. The number of hydrogen-bond acceptors (Lipinski definition) is 4. The third kappa shape index (κ3) is 3.45. The number of hydrogen-bond donors (Lipinski definition) is 1. The number of nitrogens with one attached hydrogen (secondary N) is 1. The van der Waals surface area contributed by atoms with Gasteiger partial charge in [0.2, 0.25) is 0 Å². The van der Waals surface area contributed by atoms with Crippen LogP contribution in [0.3, 0.4) is 0 Å². The number of halogens is 1. The topological polar surface area (TPSA) is 69.0 Å². The van der Waals surface area contributed by atoms with Crippen LogP contribution < -0.4 is 5.32 Å². The molecule has 2 aromatic rings.